The van der Waals surface area contributed by atoms with Gasteiger partial charge in [-0.15, -0.1) is 0 Å². The molecule has 0 aliphatic heterocycles. The van der Waals surface area contributed by atoms with Gasteiger partial charge in [0.2, 0.25) is 0 Å². The molecule has 0 unspecified atom stereocenters. The first kappa shape index (κ1) is 26.4. The van der Waals surface area contributed by atoms with Gasteiger partial charge in [0.15, 0.2) is 0 Å². The Balaban J connectivity index is 1.09. The van der Waals surface area contributed by atoms with Gasteiger partial charge in [-0.2, -0.15) is 0 Å². The van der Waals surface area contributed by atoms with Crippen LogP contribution in [0.1, 0.15) is 184 Å². The maximum Gasteiger partial charge on any atom is -0.0277 e. The maximum atomic E-state index is 2.81. The molecular weight excluding hydrogens is 480 g/mol. The second kappa shape index (κ2) is 6.65. The van der Waals surface area contributed by atoms with Crippen molar-refractivity contribution in [2.24, 2.45) is 65.0 Å². The summed E-state index contributed by atoms with van der Waals surface area (Å²) in [6.45, 7) is 22.0. The van der Waals surface area contributed by atoms with Crippen molar-refractivity contribution in [3.05, 3.63) is 0 Å². The quantitative estimate of drug-likeness (QED) is 0.330. The zero-order valence-corrected chi connectivity index (χ0v) is 28.1. The van der Waals surface area contributed by atoms with Crippen molar-refractivity contribution in [2.75, 3.05) is 0 Å². The van der Waals surface area contributed by atoms with E-state index in [1.165, 1.54) is 38.5 Å². The zero-order chi connectivity index (χ0) is 28.1. The molecule has 0 atom stereocenters. The van der Waals surface area contributed by atoms with Gasteiger partial charge in [-0.1, -0.05) is 55.4 Å². The predicted molar refractivity (Wildman–Crippen MR) is 167 cm³/mol. The highest BCUT2D eigenvalue weighted by Gasteiger charge is 2.72. The first-order valence-electron chi connectivity index (χ1n) is 18.1. The molecule has 12 fully saturated rings. The molecule has 12 aliphatic carbocycles. The van der Waals surface area contributed by atoms with Gasteiger partial charge in [0.1, 0.15) is 0 Å². The topological polar surface area (TPSA) is 0 Å². The Bertz CT molecular complexity index is 971. The first-order valence-corrected chi connectivity index (χ1v) is 18.1. The van der Waals surface area contributed by atoms with Crippen molar-refractivity contribution < 1.29 is 0 Å². The molecule has 0 heteroatoms. The Morgan fingerprint density at radius 2 is 0.375 bits per heavy atom. The van der Waals surface area contributed by atoms with E-state index in [0.29, 0.717) is 65.0 Å². The third-order valence-electron chi connectivity index (χ3n) is 16.2. The van der Waals surface area contributed by atoms with E-state index in [1.807, 2.05) is 0 Å². The Hall–Kier alpha value is 0. The van der Waals surface area contributed by atoms with Gasteiger partial charge in [-0.25, -0.2) is 0 Å². The minimum Gasteiger partial charge on any atom is -0.0596 e. The molecule has 224 valence electrons. The minimum atomic E-state index is 0.615. The van der Waals surface area contributed by atoms with Crippen molar-refractivity contribution >= 4 is 0 Å². The summed E-state index contributed by atoms with van der Waals surface area (Å²) in [5.41, 5.74) is 7.61. The monoisotopic (exact) mass is 545 g/mol. The van der Waals surface area contributed by atoms with Crippen LogP contribution in [-0.4, -0.2) is 0 Å². The van der Waals surface area contributed by atoms with Crippen LogP contribution in [0, 0.1) is 65.0 Å². The molecule has 12 rings (SSSR count). The molecule has 0 radical (unpaired) electrons. The molecule has 12 bridgehead atoms. The summed E-state index contributed by atoms with van der Waals surface area (Å²) in [5.74, 6) is 0. The maximum absolute atomic E-state index is 2.81. The van der Waals surface area contributed by atoms with Crippen molar-refractivity contribution in [2.45, 2.75) is 184 Å². The Morgan fingerprint density at radius 1 is 0.225 bits per heavy atom. The second-order valence-electron chi connectivity index (χ2n) is 24.0. The lowest BCUT2D eigenvalue weighted by molar-refractivity contribution is -0.253. The van der Waals surface area contributed by atoms with Crippen LogP contribution in [0.2, 0.25) is 0 Å². The van der Waals surface area contributed by atoms with Crippen LogP contribution in [0.4, 0.5) is 0 Å². The number of rotatable bonds is 4. The summed E-state index contributed by atoms with van der Waals surface area (Å²) < 4.78 is 0. The smallest absolute Gasteiger partial charge is 0.0277 e. The minimum absolute atomic E-state index is 0.615. The van der Waals surface area contributed by atoms with Gasteiger partial charge in [0, 0.05) is 0 Å². The molecule has 0 amide bonds. The van der Waals surface area contributed by atoms with Gasteiger partial charge in [-0.3, -0.25) is 0 Å². The third-order valence-corrected chi connectivity index (χ3v) is 16.2. The SMILES string of the molecule is CC12CC3(C)CC(C)(C1)CC(CC14CC5(C)CC(C)(C1)CC(CC16CC7(C)CC(C)(CC(C)(C7)C1)C6)(C5)C4)(C2)C3. The third kappa shape index (κ3) is 3.61. The van der Waals surface area contributed by atoms with E-state index >= 15 is 0 Å². The van der Waals surface area contributed by atoms with Crippen LogP contribution < -0.4 is 0 Å². The van der Waals surface area contributed by atoms with Crippen LogP contribution in [0.3, 0.4) is 0 Å². The molecule has 12 saturated carbocycles. The second-order valence-corrected chi connectivity index (χ2v) is 24.0. The van der Waals surface area contributed by atoms with Crippen molar-refractivity contribution in [1.82, 2.24) is 0 Å². The predicted octanol–water partition coefficient (Wildman–Crippen LogP) is 11.9. The molecule has 0 N–H and O–H groups in total. The molecule has 0 nitrogen and oxygen atoms in total. The lowest BCUT2D eigenvalue weighted by Gasteiger charge is -2.76. The van der Waals surface area contributed by atoms with Crippen LogP contribution in [0.15, 0.2) is 0 Å². The summed E-state index contributed by atoms with van der Waals surface area (Å²) in [7, 11) is 0. The van der Waals surface area contributed by atoms with Crippen molar-refractivity contribution in [3.8, 4) is 0 Å². The summed E-state index contributed by atoms with van der Waals surface area (Å²) in [6, 6.07) is 0. The summed E-state index contributed by atoms with van der Waals surface area (Å²) >= 11 is 0. The molecule has 12 aliphatic rings. The molecule has 0 aromatic rings. The average molecular weight is 545 g/mol. The molecular formula is C40H64. The zero-order valence-electron chi connectivity index (χ0n) is 28.1. The molecule has 0 spiro atoms. The lowest BCUT2D eigenvalue weighted by atomic mass is 9.29. The Kier molecular flexibility index (Phi) is 4.39. The largest absolute Gasteiger partial charge is 0.0596 e. The molecule has 0 aromatic carbocycles. The fraction of sp³-hybridized carbons (Fsp3) is 1.00. The van der Waals surface area contributed by atoms with Crippen molar-refractivity contribution in [1.29, 1.82) is 0 Å². The molecule has 0 aromatic heterocycles. The fourth-order valence-corrected chi connectivity index (χ4v) is 21.7. The Morgan fingerprint density at radius 3 is 0.575 bits per heavy atom. The van der Waals surface area contributed by atoms with E-state index in [1.54, 1.807) is 89.9 Å². The lowest BCUT2D eigenvalue weighted by Crippen LogP contribution is -2.65. The van der Waals surface area contributed by atoms with E-state index < -0.39 is 0 Å². The highest BCUT2D eigenvalue weighted by atomic mass is 14.8. The van der Waals surface area contributed by atoms with Crippen LogP contribution in [-0.2, 0) is 0 Å². The highest BCUT2D eigenvalue weighted by molar-refractivity contribution is 5.22. The van der Waals surface area contributed by atoms with Crippen LogP contribution in [0.25, 0.3) is 0 Å². The summed E-state index contributed by atoms with van der Waals surface area (Å²) in [6.07, 6.45) is 31.4. The van der Waals surface area contributed by atoms with E-state index in [9.17, 15) is 0 Å². The van der Waals surface area contributed by atoms with E-state index in [4.69, 9.17) is 0 Å². The standard InChI is InChI=1S/C40H64/c1-29-9-30(2)11-31(3,10-29)18-37(16-29,17-30)26-39-22-35(7)15-36(8,23-39)25-40(24-35,28-39)27-38-19-32(4)12-33(5,20-38)14-34(6,13-32)21-38/h9-28H2,1-8H3. The fourth-order valence-electron chi connectivity index (χ4n) is 21.7. The Labute approximate surface area is 248 Å². The van der Waals surface area contributed by atoms with Crippen molar-refractivity contribution in [3.63, 3.8) is 0 Å². The van der Waals surface area contributed by atoms with Gasteiger partial charge >= 0.3 is 0 Å². The van der Waals surface area contributed by atoms with Gasteiger partial charge in [0.25, 0.3) is 0 Å². The molecule has 40 heavy (non-hydrogen) atoms. The summed E-state index contributed by atoms with van der Waals surface area (Å²) in [4.78, 5) is 0. The number of hydrogen-bond donors (Lipinski definition) is 0. The van der Waals surface area contributed by atoms with Gasteiger partial charge < -0.3 is 0 Å². The number of hydrogen-bond acceptors (Lipinski definition) is 0. The first-order chi connectivity index (χ1) is 18.1. The van der Waals surface area contributed by atoms with Gasteiger partial charge in [-0.05, 0) is 193 Å². The van der Waals surface area contributed by atoms with Crippen LogP contribution in [0.5, 0.6) is 0 Å². The molecule has 0 saturated heterocycles. The van der Waals surface area contributed by atoms with E-state index in [2.05, 4.69) is 55.4 Å². The van der Waals surface area contributed by atoms with E-state index in [-0.39, 0.29) is 0 Å². The average Bonchev–Trinajstić information content (AvgIpc) is 2.53. The highest BCUT2D eigenvalue weighted by Crippen LogP contribution is 2.83. The van der Waals surface area contributed by atoms with Gasteiger partial charge in [0.05, 0.1) is 0 Å². The normalized spacial score (nSPS) is 69.6. The summed E-state index contributed by atoms with van der Waals surface area (Å²) in [5, 5.41) is 0. The van der Waals surface area contributed by atoms with E-state index in [0.717, 1.165) is 0 Å². The molecule has 0 heterocycles. The van der Waals surface area contributed by atoms with Crippen LogP contribution >= 0.6 is 0 Å².